The number of hydrogen-bond acceptors (Lipinski definition) is 3. The molecule has 3 atom stereocenters. The Morgan fingerprint density at radius 3 is 2.76 bits per heavy atom. The highest BCUT2D eigenvalue weighted by molar-refractivity contribution is 6.31. The summed E-state index contributed by atoms with van der Waals surface area (Å²) < 4.78 is 0. The van der Waals surface area contributed by atoms with Crippen LogP contribution in [0.1, 0.15) is 38.3 Å². The second-order valence-corrected chi connectivity index (χ2v) is 5.90. The largest absolute Gasteiger partial charge is 0.353 e. The van der Waals surface area contributed by atoms with Crippen molar-refractivity contribution < 1.29 is 4.79 Å². The SMILES string of the molecule is CCC(N)C(c1ccccc1Cl)N1CCNC(=O)C1CC. The summed E-state index contributed by atoms with van der Waals surface area (Å²) >= 11 is 6.38. The predicted octanol–water partition coefficient (Wildman–Crippen LogP) is 2.33. The van der Waals surface area contributed by atoms with Crippen molar-refractivity contribution >= 4 is 17.5 Å². The lowest BCUT2D eigenvalue weighted by atomic mass is 9.93. The highest BCUT2D eigenvalue weighted by atomic mass is 35.5. The Balaban J connectivity index is 2.40. The maximum atomic E-state index is 12.1. The molecular formula is C16H24ClN3O. The first-order valence-corrected chi connectivity index (χ1v) is 8.01. The van der Waals surface area contributed by atoms with Crippen LogP contribution in [0.4, 0.5) is 0 Å². The molecule has 0 spiro atoms. The number of rotatable bonds is 5. The van der Waals surface area contributed by atoms with E-state index >= 15 is 0 Å². The number of nitrogens with two attached hydrogens (primary N) is 1. The molecule has 5 heteroatoms. The van der Waals surface area contributed by atoms with Crippen LogP contribution in [0, 0.1) is 0 Å². The molecule has 4 nitrogen and oxygen atoms in total. The molecule has 1 aromatic carbocycles. The third kappa shape index (κ3) is 3.39. The van der Waals surface area contributed by atoms with Crippen molar-refractivity contribution in [3.8, 4) is 0 Å². The predicted molar refractivity (Wildman–Crippen MR) is 86.3 cm³/mol. The van der Waals surface area contributed by atoms with Crippen molar-refractivity contribution in [2.45, 2.75) is 44.8 Å². The van der Waals surface area contributed by atoms with Gasteiger partial charge in [0.05, 0.1) is 12.1 Å². The summed E-state index contributed by atoms with van der Waals surface area (Å²) in [5, 5.41) is 3.65. The van der Waals surface area contributed by atoms with Crippen LogP contribution >= 0.6 is 11.6 Å². The lowest BCUT2D eigenvalue weighted by Gasteiger charge is -2.42. The van der Waals surface area contributed by atoms with E-state index in [1.807, 2.05) is 31.2 Å². The molecular weight excluding hydrogens is 286 g/mol. The van der Waals surface area contributed by atoms with Crippen LogP contribution in [0.2, 0.25) is 5.02 Å². The fraction of sp³-hybridized carbons (Fsp3) is 0.562. The minimum atomic E-state index is -0.141. The summed E-state index contributed by atoms with van der Waals surface area (Å²) in [6.45, 7) is 5.56. The summed E-state index contributed by atoms with van der Waals surface area (Å²) in [4.78, 5) is 14.4. The molecule has 0 aromatic heterocycles. The molecule has 1 aromatic rings. The monoisotopic (exact) mass is 309 g/mol. The van der Waals surface area contributed by atoms with Gasteiger partial charge in [-0.2, -0.15) is 0 Å². The fourth-order valence-corrected chi connectivity index (χ4v) is 3.33. The number of halogens is 1. The van der Waals surface area contributed by atoms with Crippen molar-refractivity contribution in [2.24, 2.45) is 5.73 Å². The number of amides is 1. The Bertz CT molecular complexity index is 494. The molecule has 1 amide bonds. The first kappa shape index (κ1) is 16.3. The van der Waals surface area contributed by atoms with Gasteiger partial charge in [0, 0.05) is 24.2 Å². The smallest absolute Gasteiger partial charge is 0.237 e. The molecule has 116 valence electrons. The lowest BCUT2D eigenvalue weighted by molar-refractivity contribution is -0.130. The maximum Gasteiger partial charge on any atom is 0.237 e. The maximum absolute atomic E-state index is 12.1. The Morgan fingerprint density at radius 1 is 1.43 bits per heavy atom. The molecule has 0 saturated carbocycles. The van der Waals surface area contributed by atoms with Crippen molar-refractivity contribution in [3.63, 3.8) is 0 Å². The van der Waals surface area contributed by atoms with E-state index in [4.69, 9.17) is 17.3 Å². The van der Waals surface area contributed by atoms with Crippen molar-refractivity contribution in [1.82, 2.24) is 10.2 Å². The highest BCUT2D eigenvalue weighted by Crippen LogP contribution is 2.33. The molecule has 1 aliphatic rings. The van der Waals surface area contributed by atoms with E-state index in [0.717, 1.165) is 24.9 Å². The number of hydrogen-bond donors (Lipinski definition) is 2. The van der Waals surface area contributed by atoms with Gasteiger partial charge in [-0.25, -0.2) is 0 Å². The molecule has 3 unspecified atom stereocenters. The molecule has 21 heavy (non-hydrogen) atoms. The molecule has 0 aliphatic carbocycles. The van der Waals surface area contributed by atoms with E-state index in [9.17, 15) is 4.79 Å². The van der Waals surface area contributed by atoms with Gasteiger partial charge in [-0.1, -0.05) is 43.6 Å². The molecule has 1 saturated heterocycles. The van der Waals surface area contributed by atoms with Crippen LogP contribution in [0.25, 0.3) is 0 Å². The van der Waals surface area contributed by atoms with Crippen LogP contribution in [0.15, 0.2) is 24.3 Å². The zero-order valence-corrected chi connectivity index (χ0v) is 13.4. The number of carbonyl (C=O) groups excluding carboxylic acids is 1. The minimum absolute atomic E-state index is 0.0281. The molecule has 0 radical (unpaired) electrons. The fourth-order valence-electron chi connectivity index (χ4n) is 3.08. The van der Waals surface area contributed by atoms with Gasteiger partial charge in [-0.15, -0.1) is 0 Å². The zero-order valence-electron chi connectivity index (χ0n) is 12.7. The van der Waals surface area contributed by atoms with E-state index in [1.165, 1.54) is 0 Å². The Hall–Kier alpha value is -1.10. The number of nitrogens with one attached hydrogen (secondary N) is 1. The number of nitrogens with zero attached hydrogens (tertiary/aromatic N) is 1. The van der Waals surface area contributed by atoms with E-state index in [1.54, 1.807) is 0 Å². The van der Waals surface area contributed by atoms with Gasteiger partial charge in [-0.3, -0.25) is 9.69 Å². The van der Waals surface area contributed by atoms with E-state index < -0.39 is 0 Å². The zero-order chi connectivity index (χ0) is 15.4. The first-order valence-electron chi connectivity index (χ1n) is 7.63. The molecule has 2 rings (SSSR count). The first-order chi connectivity index (χ1) is 10.1. The van der Waals surface area contributed by atoms with Gasteiger partial charge in [0.2, 0.25) is 5.91 Å². The van der Waals surface area contributed by atoms with Crippen LogP contribution in [-0.4, -0.2) is 36.0 Å². The van der Waals surface area contributed by atoms with Crippen LogP contribution < -0.4 is 11.1 Å². The lowest BCUT2D eigenvalue weighted by Crippen LogP contribution is -2.58. The van der Waals surface area contributed by atoms with E-state index in [-0.39, 0.29) is 24.0 Å². The molecule has 1 fully saturated rings. The van der Waals surface area contributed by atoms with Gasteiger partial charge in [0.1, 0.15) is 0 Å². The number of carbonyl (C=O) groups is 1. The van der Waals surface area contributed by atoms with Crippen molar-refractivity contribution in [3.05, 3.63) is 34.9 Å². The highest BCUT2D eigenvalue weighted by Gasteiger charge is 2.36. The summed E-state index contributed by atoms with van der Waals surface area (Å²) in [6, 6.07) is 7.57. The quantitative estimate of drug-likeness (QED) is 0.877. The average Bonchev–Trinajstić information content (AvgIpc) is 2.49. The molecule has 3 N–H and O–H groups in total. The Kier molecular flexibility index (Phi) is 5.62. The molecule has 0 bridgehead atoms. The van der Waals surface area contributed by atoms with Crippen molar-refractivity contribution in [1.29, 1.82) is 0 Å². The number of benzene rings is 1. The summed E-state index contributed by atoms with van der Waals surface area (Å²) in [5.41, 5.74) is 7.39. The summed E-state index contributed by atoms with van der Waals surface area (Å²) in [5.74, 6) is 0.0871. The Labute approximate surface area is 131 Å². The molecule has 1 aliphatic heterocycles. The van der Waals surface area contributed by atoms with Gasteiger partial charge >= 0.3 is 0 Å². The Morgan fingerprint density at radius 2 is 2.14 bits per heavy atom. The van der Waals surface area contributed by atoms with E-state index in [2.05, 4.69) is 17.1 Å². The second kappa shape index (κ2) is 7.25. The normalized spacial score (nSPS) is 22.7. The third-order valence-corrected chi connectivity index (χ3v) is 4.56. The minimum Gasteiger partial charge on any atom is -0.353 e. The summed E-state index contributed by atoms with van der Waals surface area (Å²) in [7, 11) is 0. The topological polar surface area (TPSA) is 58.4 Å². The standard InChI is InChI=1S/C16H24ClN3O/c1-3-13(18)15(11-7-5-6-8-12(11)17)20-10-9-19-16(21)14(20)4-2/h5-8,13-15H,3-4,9-10,18H2,1-2H3,(H,19,21). The van der Waals surface area contributed by atoms with Crippen LogP contribution in [0.5, 0.6) is 0 Å². The summed E-state index contributed by atoms with van der Waals surface area (Å²) in [6.07, 6.45) is 1.60. The van der Waals surface area contributed by atoms with Crippen molar-refractivity contribution in [2.75, 3.05) is 13.1 Å². The third-order valence-electron chi connectivity index (χ3n) is 4.22. The second-order valence-electron chi connectivity index (χ2n) is 5.49. The van der Waals surface area contributed by atoms with E-state index in [0.29, 0.717) is 11.6 Å². The van der Waals surface area contributed by atoms with Gasteiger partial charge in [-0.05, 0) is 24.5 Å². The van der Waals surface area contributed by atoms with Crippen LogP contribution in [-0.2, 0) is 4.79 Å². The van der Waals surface area contributed by atoms with Gasteiger partial charge in [0.15, 0.2) is 0 Å². The number of piperazine rings is 1. The van der Waals surface area contributed by atoms with Crippen LogP contribution in [0.3, 0.4) is 0 Å². The molecule has 1 heterocycles. The van der Waals surface area contributed by atoms with Gasteiger partial charge in [0.25, 0.3) is 0 Å². The van der Waals surface area contributed by atoms with Gasteiger partial charge < -0.3 is 11.1 Å². The average molecular weight is 310 g/mol.